The van der Waals surface area contributed by atoms with Crippen molar-refractivity contribution < 1.29 is 17.9 Å². The molecule has 0 fully saturated rings. The highest BCUT2D eigenvalue weighted by Gasteiger charge is 2.19. The number of anilines is 1. The smallest absolute Gasteiger partial charge is 0.232 e. The van der Waals surface area contributed by atoms with E-state index in [0.717, 1.165) is 28.3 Å². The number of thioether (sulfide) groups is 1. The van der Waals surface area contributed by atoms with Gasteiger partial charge in [0, 0.05) is 36.0 Å². The maximum Gasteiger partial charge on any atom is 0.232 e. The van der Waals surface area contributed by atoms with Crippen molar-refractivity contribution >= 4 is 56.6 Å². The van der Waals surface area contributed by atoms with Crippen molar-refractivity contribution in [2.75, 3.05) is 36.5 Å². The van der Waals surface area contributed by atoms with Crippen LogP contribution in [0.1, 0.15) is 18.4 Å². The standard InChI is InChI=1S/C21H26Cl2N2O4S2/c1-29-20-10-9-17(14-19(20)23)25(31(2,27)28)12-5-8-21(26)24-11-13-30-15-16-6-3-4-7-18(16)22/h3-4,6-7,9-10,14H,5,8,11-13,15H2,1-2H3,(H,24,26). The summed E-state index contributed by atoms with van der Waals surface area (Å²) >= 11 is 13.9. The van der Waals surface area contributed by atoms with Crippen LogP contribution >= 0.6 is 35.0 Å². The van der Waals surface area contributed by atoms with E-state index in [-0.39, 0.29) is 18.9 Å². The van der Waals surface area contributed by atoms with Gasteiger partial charge in [0.15, 0.2) is 0 Å². The van der Waals surface area contributed by atoms with Gasteiger partial charge in [0.05, 0.1) is 24.1 Å². The topological polar surface area (TPSA) is 75.7 Å². The van der Waals surface area contributed by atoms with E-state index < -0.39 is 10.0 Å². The third kappa shape index (κ3) is 8.44. The van der Waals surface area contributed by atoms with E-state index in [0.29, 0.717) is 29.4 Å². The largest absolute Gasteiger partial charge is 0.495 e. The molecule has 0 heterocycles. The number of amides is 1. The molecule has 2 aromatic carbocycles. The quantitative estimate of drug-likeness (QED) is 0.427. The Morgan fingerprint density at radius 2 is 1.90 bits per heavy atom. The van der Waals surface area contributed by atoms with E-state index in [1.165, 1.54) is 17.5 Å². The minimum Gasteiger partial charge on any atom is -0.495 e. The molecule has 0 saturated carbocycles. The molecule has 2 aromatic rings. The van der Waals surface area contributed by atoms with E-state index in [2.05, 4.69) is 5.32 Å². The van der Waals surface area contributed by atoms with E-state index in [1.807, 2.05) is 24.3 Å². The molecule has 0 atom stereocenters. The zero-order chi connectivity index (χ0) is 22.9. The van der Waals surface area contributed by atoms with Gasteiger partial charge in [-0.05, 0) is 36.2 Å². The number of carbonyl (C=O) groups is 1. The van der Waals surface area contributed by atoms with E-state index in [4.69, 9.17) is 27.9 Å². The summed E-state index contributed by atoms with van der Waals surface area (Å²) in [6.07, 6.45) is 1.74. The van der Waals surface area contributed by atoms with Crippen LogP contribution in [0.5, 0.6) is 5.75 Å². The number of nitrogens with zero attached hydrogens (tertiary/aromatic N) is 1. The van der Waals surface area contributed by atoms with Crippen molar-refractivity contribution in [2.45, 2.75) is 18.6 Å². The highest BCUT2D eigenvalue weighted by molar-refractivity contribution is 7.98. The van der Waals surface area contributed by atoms with Crippen molar-refractivity contribution in [3.05, 3.63) is 58.1 Å². The summed E-state index contributed by atoms with van der Waals surface area (Å²) in [5.41, 5.74) is 1.50. The number of carbonyl (C=O) groups excluding carboxylic acids is 1. The second-order valence-corrected chi connectivity index (χ2v) is 10.6. The zero-order valence-corrected chi connectivity index (χ0v) is 20.6. The minimum absolute atomic E-state index is 0.112. The fraction of sp³-hybridized carbons (Fsp3) is 0.381. The number of sulfonamides is 1. The van der Waals surface area contributed by atoms with Crippen LogP contribution in [-0.2, 0) is 20.6 Å². The van der Waals surface area contributed by atoms with Gasteiger partial charge >= 0.3 is 0 Å². The number of methoxy groups -OCH3 is 1. The number of benzene rings is 2. The Bertz CT molecular complexity index is 987. The van der Waals surface area contributed by atoms with Gasteiger partial charge < -0.3 is 10.1 Å². The van der Waals surface area contributed by atoms with Gasteiger partial charge in [0.2, 0.25) is 15.9 Å². The molecular weight excluding hydrogens is 479 g/mol. The summed E-state index contributed by atoms with van der Waals surface area (Å²) in [4.78, 5) is 12.1. The molecule has 10 heteroatoms. The van der Waals surface area contributed by atoms with Crippen LogP contribution in [0.2, 0.25) is 10.0 Å². The van der Waals surface area contributed by atoms with Crippen molar-refractivity contribution in [1.29, 1.82) is 0 Å². The van der Waals surface area contributed by atoms with Gasteiger partial charge in [-0.3, -0.25) is 9.10 Å². The molecule has 1 N–H and O–H groups in total. The van der Waals surface area contributed by atoms with Crippen molar-refractivity contribution in [2.24, 2.45) is 0 Å². The second-order valence-electron chi connectivity index (χ2n) is 6.75. The molecular formula is C21H26Cl2N2O4S2. The van der Waals surface area contributed by atoms with Crippen molar-refractivity contribution in [1.82, 2.24) is 5.32 Å². The van der Waals surface area contributed by atoms with Crippen LogP contribution in [0, 0.1) is 0 Å². The molecule has 1 amide bonds. The number of nitrogens with one attached hydrogen (secondary N) is 1. The first kappa shape index (κ1) is 25.6. The van der Waals surface area contributed by atoms with Crippen molar-refractivity contribution in [3.63, 3.8) is 0 Å². The number of rotatable bonds is 12. The SMILES string of the molecule is COc1ccc(N(CCCC(=O)NCCSCc2ccccc2Cl)S(C)(=O)=O)cc1Cl. The zero-order valence-electron chi connectivity index (χ0n) is 17.4. The molecule has 31 heavy (non-hydrogen) atoms. The molecule has 0 aliphatic rings. The first-order chi connectivity index (χ1) is 14.7. The Morgan fingerprint density at radius 3 is 2.55 bits per heavy atom. The van der Waals surface area contributed by atoms with Crippen LogP contribution in [-0.4, -0.2) is 46.5 Å². The summed E-state index contributed by atoms with van der Waals surface area (Å²) in [5, 5.41) is 3.92. The van der Waals surface area contributed by atoms with E-state index >= 15 is 0 Å². The van der Waals surface area contributed by atoms with Crippen LogP contribution in [0.3, 0.4) is 0 Å². The Labute approximate surface area is 198 Å². The number of hydrogen-bond donors (Lipinski definition) is 1. The molecule has 0 aliphatic heterocycles. The van der Waals surface area contributed by atoms with Gasteiger partial charge in [-0.15, -0.1) is 0 Å². The summed E-state index contributed by atoms with van der Waals surface area (Å²) in [5.74, 6) is 1.89. The van der Waals surface area contributed by atoms with Gasteiger partial charge in [-0.2, -0.15) is 11.8 Å². The minimum atomic E-state index is -3.52. The molecule has 0 radical (unpaired) electrons. The number of ether oxygens (including phenoxy) is 1. The second kappa shape index (κ2) is 12.4. The van der Waals surface area contributed by atoms with Crippen LogP contribution < -0.4 is 14.4 Å². The van der Waals surface area contributed by atoms with Gasteiger partial charge in [0.25, 0.3) is 0 Å². The lowest BCUT2D eigenvalue weighted by atomic mass is 10.2. The predicted molar refractivity (Wildman–Crippen MR) is 130 cm³/mol. The first-order valence-corrected chi connectivity index (χ1v) is 13.4. The Hall–Kier alpha value is -1.61. The number of halogens is 2. The summed E-state index contributed by atoms with van der Waals surface area (Å²) < 4.78 is 30.7. The van der Waals surface area contributed by atoms with Crippen LogP contribution in [0.15, 0.2) is 42.5 Å². The maximum absolute atomic E-state index is 12.2. The molecule has 2 rings (SSSR count). The lowest BCUT2D eigenvalue weighted by Gasteiger charge is -2.23. The average Bonchev–Trinajstić information content (AvgIpc) is 2.71. The normalized spacial score (nSPS) is 11.2. The monoisotopic (exact) mass is 504 g/mol. The van der Waals surface area contributed by atoms with E-state index in [1.54, 1.807) is 23.9 Å². The highest BCUT2D eigenvalue weighted by Crippen LogP contribution is 2.30. The van der Waals surface area contributed by atoms with Gasteiger partial charge in [0.1, 0.15) is 5.75 Å². The summed E-state index contributed by atoms with van der Waals surface area (Å²) in [7, 11) is -2.03. The van der Waals surface area contributed by atoms with Crippen LogP contribution in [0.4, 0.5) is 5.69 Å². The molecule has 0 unspecified atom stereocenters. The predicted octanol–water partition coefficient (Wildman–Crippen LogP) is 4.60. The molecule has 170 valence electrons. The Kier molecular flexibility index (Phi) is 10.3. The maximum atomic E-state index is 12.2. The molecule has 0 saturated heterocycles. The van der Waals surface area contributed by atoms with Gasteiger partial charge in [-0.25, -0.2) is 8.42 Å². The Balaban J connectivity index is 1.76. The fourth-order valence-electron chi connectivity index (χ4n) is 2.83. The first-order valence-electron chi connectivity index (χ1n) is 9.61. The molecule has 6 nitrogen and oxygen atoms in total. The van der Waals surface area contributed by atoms with Gasteiger partial charge in [-0.1, -0.05) is 41.4 Å². The molecule has 0 aliphatic carbocycles. The molecule has 0 spiro atoms. The lowest BCUT2D eigenvalue weighted by Crippen LogP contribution is -2.32. The van der Waals surface area contributed by atoms with E-state index in [9.17, 15) is 13.2 Å². The fourth-order valence-corrected chi connectivity index (χ4v) is 5.18. The third-order valence-corrected chi connectivity index (χ3v) is 7.24. The number of hydrogen-bond acceptors (Lipinski definition) is 5. The average molecular weight is 505 g/mol. The summed E-state index contributed by atoms with van der Waals surface area (Å²) in [6, 6.07) is 12.5. The Morgan fingerprint density at radius 1 is 1.16 bits per heavy atom. The molecule has 0 aromatic heterocycles. The summed E-state index contributed by atoms with van der Waals surface area (Å²) in [6.45, 7) is 0.716. The lowest BCUT2D eigenvalue weighted by molar-refractivity contribution is -0.121. The third-order valence-electron chi connectivity index (χ3n) is 4.37. The van der Waals surface area contributed by atoms with Crippen molar-refractivity contribution in [3.8, 4) is 5.75 Å². The molecule has 0 bridgehead atoms. The highest BCUT2D eigenvalue weighted by atomic mass is 35.5. The van der Waals surface area contributed by atoms with Crippen LogP contribution in [0.25, 0.3) is 0 Å².